The number of rotatable bonds is 3. The molecule has 0 aliphatic carbocycles. The van der Waals surface area contributed by atoms with Crippen LogP contribution in [0.2, 0.25) is 0 Å². The smallest absolute Gasteiger partial charge is 0.274 e. The van der Waals surface area contributed by atoms with E-state index in [9.17, 15) is 4.79 Å². The molecule has 1 fully saturated rings. The minimum Gasteiger partial charge on any atom is -0.336 e. The first-order valence-corrected chi connectivity index (χ1v) is 6.51. The van der Waals surface area contributed by atoms with E-state index in [0.717, 1.165) is 17.9 Å². The molecule has 1 amide bonds. The molecule has 7 heteroatoms. The van der Waals surface area contributed by atoms with Gasteiger partial charge in [-0.15, -0.1) is 0 Å². The summed E-state index contributed by atoms with van der Waals surface area (Å²) in [5, 5.41) is 0. The summed E-state index contributed by atoms with van der Waals surface area (Å²) in [6.07, 6.45) is 3.93. The van der Waals surface area contributed by atoms with Gasteiger partial charge in [-0.2, -0.15) is 11.8 Å². The van der Waals surface area contributed by atoms with Gasteiger partial charge in [-0.25, -0.2) is 15.8 Å². The molecule has 0 aromatic carbocycles. The zero-order valence-corrected chi connectivity index (χ0v) is 10.4. The average Bonchev–Trinajstić information content (AvgIpc) is 2.91. The normalized spacial score (nSPS) is 19.1. The predicted octanol–water partition coefficient (Wildman–Crippen LogP) is 0.340. The molecule has 3 N–H and O–H groups in total. The number of carbonyl (C=O) groups excluding carboxylic acids is 1. The van der Waals surface area contributed by atoms with Crippen LogP contribution < -0.4 is 11.3 Å². The predicted molar refractivity (Wildman–Crippen MR) is 67.7 cm³/mol. The first kappa shape index (κ1) is 12.1. The van der Waals surface area contributed by atoms with Gasteiger partial charge in [0.05, 0.1) is 12.4 Å². The van der Waals surface area contributed by atoms with Crippen LogP contribution in [0.3, 0.4) is 0 Å². The fraction of sp³-hybridized carbons (Fsp3) is 0.500. The van der Waals surface area contributed by atoms with Crippen molar-refractivity contribution in [2.75, 3.05) is 24.0 Å². The Labute approximate surface area is 104 Å². The van der Waals surface area contributed by atoms with E-state index in [1.807, 2.05) is 18.8 Å². The summed E-state index contributed by atoms with van der Waals surface area (Å²) in [5.74, 6) is 7.65. The molecule has 17 heavy (non-hydrogen) atoms. The third-order valence-corrected chi connectivity index (χ3v) is 3.94. The van der Waals surface area contributed by atoms with Crippen LogP contribution in [0, 0.1) is 0 Å². The molecule has 0 saturated carbocycles. The molecule has 2 heterocycles. The van der Waals surface area contributed by atoms with Crippen molar-refractivity contribution in [1.82, 2.24) is 14.9 Å². The monoisotopic (exact) mass is 253 g/mol. The highest BCUT2D eigenvalue weighted by Gasteiger charge is 2.25. The van der Waals surface area contributed by atoms with Crippen LogP contribution in [0.25, 0.3) is 0 Å². The molecule has 1 aliphatic rings. The van der Waals surface area contributed by atoms with Gasteiger partial charge in [0.2, 0.25) is 0 Å². The van der Waals surface area contributed by atoms with Crippen LogP contribution in [-0.2, 0) is 0 Å². The Morgan fingerprint density at radius 2 is 2.41 bits per heavy atom. The SMILES string of the molecule is CN(C(=O)c1cnc(NN)cn1)C1CCSC1. The van der Waals surface area contributed by atoms with Gasteiger partial charge in [0.1, 0.15) is 5.69 Å². The standard InChI is InChI=1S/C10H15N5OS/c1-15(7-2-3-17-6-7)10(16)8-4-13-9(14-11)5-12-8/h4-5,7H,2-3,6,11H2,1H3,(H,13,14). The minimum atomic E-state index is -0.0893. The van der Waals surface area contributed by atoms with Gasteiger partial charge in [-0.1, -0.05) is 0 Å². The number of nitrogens with two attached hydrogens (primary N) is 1. The van der Waals surface area contributed by atoms with Gasteiger partial charge in [-0.05, 0) is 12.2 Å². The number of thioether (sulfide) groups is 1. The lowest BCUT2D eigenvalue weighted by Crippen LogP contribution is -2.37. The second-order valence-electron chi connectivity index (χ2n) is 3.86. The summed E-state index contributed by atoms with van der Waals surface area (Å²) in [4.78, 5) is 21.9. The van der Waals surface area contributed by atoms with E-state index in [0.29, 0.717) is 17.6 Å². The van der Waals surface area contributed by atoms with Crippen LogP contribution in [-0.4, -0.2) is 45.4 Å². The third kappa shape index (κ3) is 2.67. The van der Waals surface area contributed by atoms with Crippen LogP contribution in [0.15, 0.2) is 12.4 Å². The van der Waals surface area contributed by atoms with Gasteiger partial charge < -0.3 is 10.3 Å². The zero-order valence-electron chi connectivity index (χ0n) is 9.59. The Morgan fingerprint density at radius 3 is 2.94 bits per heavy atom. The second kappa shape index (κ2) is 5.33. The summed E-state index contributed by atoms with van der Waals surface area (Å²) in [5.41, 5.74) is 2.73. The van der Waals surface area contributed by atoms with E-state index in [4.69, 9.17) is 5.84 Å². The fourth-order valence-corrected chi connectivity index (χ4v) is 2.95. The number of carbonyl (C=O) groups is 1. The van der Waals surface area contributed by atoms with Crippen molar-refractivity contribution in [3.05, 3.63) is 18.1 Å². The topological polar surface area (TPSA) is 84.1 Å². The van der Waals surface area contributed by atoms with E-state index < -0.39 is 0 Å². The van der Waals surface area contributed by atoms with Crippen molar-refractivity contribution in [1.29, 1.82) is 0 Å². The highest BCUT2D eigenvalue weighted by molar-refractivity contribution is 7.99. The highest BCUT2D eigenvalue weighted by atomic mass is 32.2. The van der Waals surface area contributed by atoms with E-state index in [1.54, 1.807) is 4.90 Å². The maximum absolute atomic E-state index is 12.1. The average molecular weight is 253 g/mol. The van der Waals surface area contributed by atoms with Crippen molar-refractivity contribution in [3.8, 4) is 0 Å². The maximum Gasteiger partial charge on any atom is 0.274 e. The van der Waals surface area contributed by atoms with Crippen LogP contribution in [0.5, 0.6) is 0 Å². The molecule has 1 aliphatic heterocycles. The molecule has 1 aromatic rings. The molecule has 1 aromatic heterocycles. The largest absolute Gasteiger partial charge is 0.336 e. The second-order valence-corrected chi connectivity index (χ2v) is 5.01. The molecule has 2 rings (SSSR count). The van der Waals surface area contributed by atoms with E-state index in [1.165, 1.54) is 12.4 Å². The zero-order chi connectivity index (χ0) is 12.3. The molecule has 0 bridgehead atoms. The molecule has 6 nitrogen and oxygen atoms in total. The number of nitrogens with zero attached hydrogens (tertiary/aromatic N) is 3. The number of nitrogens with one attached hydrogen (secondary N) is 1. The molecule has 0 radical (unpaired) electrons. The number of anilines is 1. The number of hydrogen-bond donors (Lipinski definition) is 2. The number of amides is 1. The number of hydrogen-bond acceptors (Lipinski definition) is 6. The first-order chi connectivity index (χ1) is 8.22. The van der Waals surface area contributed by atoms with E-state index in [-0.39, 0.29) is 5.91 Å². The lowest BCUT2D eigenvalue weighted by atomic mass is 10.2. The van der Waals surface area contributed by atoms with Crippen molar-refractivity contribution in [2.24, 2.45) is 5.84 Å². The summed E-state index contributed by atoms with van der Waals surface area (Å²) < 4.78 is 0. The molecular formula is C10H15N5OS. The van der Waals surface area contributed by atoms with E-state index in [2.05, 4.69) is 15.4 Å². The van der Waals surface area contributed by atoms with Crippen LogP contribution >= 0.6 is 11.8 Å². The van der Waals surface area contributed by atoms with E-state index >= 15 is 0 Å². The lowest BCUT2D eigenvalue weighted by molar-refractivity contribution is 0.0741. The van der Waals surface area contributed by atoms with Crippen LogP contribution in [0.1, 0.15) is 16.9 Å². The molecule has 0 spiro atoms. The Bertz CT molecular complexity index is 390. The molecule has 1 atom stereocenters. The molecular weight excluding hydrogens is 238 g/mol. The Balaban J connectivity index is 2.07. The Hall–Kier alpha value is -1.34. The van der Waals surface area contributed by atoms with Gasteiger partial charge in [0.25, 0.3) is 5.91 Å². The molecule has 92 valence electrons. The maximum atomic E-state index is 12.1. The Kier molecular flexibility index (Phi) is 3.80. The Morgan fingerprint density at radius 1 is 1.59 bits per heavy atom. The number of aromatic nitrogens is 2. The number of nitrogen functional groups attached to an aromatic ring is 1. The quantitative estimate of drug-likeness (QED) is 0.597. The fourth-order valence-electron chi connectivity index (χ4n) is 1.69. The van der Waals surface area contributed by atoms with Gasteiger partial charge >= 0.3 is 0 Å². The van der Waals surface area contributed by atoms with Gasteiger partial charge in [-0.3, -0.25) is 4.79 Å². The summed E-state index contributed by atoms with van der Waals surface area (Å²) >= 11 is 1.87. The van der Waals surface area contributed by atoms with Crippen molar-refractivity contribution in [3.63, 3.8) is 0 Å². The third-order valence-electron chi connectivity index (χ3n) is 2.79. The van der Waals surface area contributed by atoms with Gasteiger partial charge in [0, 0.05) is 18.8 Å². The highest BCUT2D eigenvalue weighted by Crippen LogP contribution is 2.22. The molecule has 1 saturated heterocycles. The molecule has 1 unspecified atom stereocenters. The lowest BCUT2D eigenvalue weighted by Gasteiger charge is -2.23. The van der Waals surface area contributed by atoms with Crippen LogP contribution in [0.4, 0.5) is 5.82 Å². The van der Waals surface area contributed by atoms with Crippen molar-refractivity contribution in [2.45, 2.75) is 12.5 Å². The van der Waals surface area contributed by atoms with Crippen molar-refractivity contribution >= 4 is 23.5 Å². The van der Waals surface area contributed by atoms with Crippen molar-refractivity contribution < 1.29 is 4.79 Å². The minimum absolute atomic E-state index is 0.0893. The summed E-state index contributed by atoms with van der Waals surface area (Å²) in [7, 11) is 1.82. The number of hydrazine groups is 1. The van der Waals surface area contributed by atoms with Gasteiger partial charge in [0.15, 0.2) is 5.82 Å². The summed E-state index contributed by atoms with van der Waals surface area (Å²) in [6.45, 7) is 0. The first-order valence-electron chi connectivity index (χ1n) is 5.36. The summed E-state index contributed by atoms with van der Waals surface area (Å²) in [6, 6.07) is 0.307.